The van der Waals surface area contributed by atoms with Gasteiger partial charge in [-0.1, -0.05) is 0 Å². The summed E-state index contributed by atoms with van der Waals surface area (Å²) in [5.74, 6) is 1.11. The van der Waals surface area contributed by atoms with Crippen molar-refractivity contribution in [3.8, 4) is 11.5 Å². The maximum Gasteiger partial charge on any atom is 0.274 e. The van der Waals surface area contributed by atoms with Crippen LogP contribution in [-0.2, 0) is 12.9 Å². The molecule has 1 aromatic heterocycles. The topological polar surface area (TPSA) is 70.2 Å². The highest BCUT2D eigenvalue weighted by atomic mass is 35.5. The number of nitro benzene ring substituents is 1. The van der Waals surface area contributed by atoms with E-state index < -0.39 is 4.92 Å². The van der Waals surface area contributed by atoms with E-state index in [9.17, 15) is 10.1 Å². The lowest BCUT2D eigenvalue weighted by molar-refractivity contribution is -0.385. The average molecular weight is 268 g/mol. The summed E-state index contributed by atoms with van der Waals surface area (Å²) in [7, 11) is 1.77. The number of hydrogen-bond donors (Lipinski definition) is 0. The minimum atomic E-state index is -0.467. The molecule has 18 heavy (non-hydrogen) atoms. The molecule has 0 saturated heterocycles. The SMILES string of the molecule is Cn1cc(Oc2ccc([N+](=O)[O-])c(CCl)c2)cn1. The number of benzene rings is 1. The van der Waals surface area contributed by atoms with Gasteiger partial charge in [0.15, 0.2) is 5.75 Å². The van der Waals surface area contributed by atoms with Crippen molar-refractivity contribution in [2.45, 2.75) is 5.88 Å². The van der Waals surface area contributed by atoms with Gasteiger partial charge in [-0.15, -0.1) is 11.6 Å². The van der Waals surface area contributed by atoms with Gasteiger partial charge < -0.3 is 4.74 Å². The molecular weight excluding hydrogens is 258 g/mol. The second kappa shape index (κ2) is 5.05. The Kier molecular flexibility index (Phi) is 3.47. The molecule has 0 spiro atoms. The first kappa shape index (κ1) is 12.4. The number of nitrogens with zero attached hydrogens (tertiary/aromatic N) is 3. The Bertz CT molecular complexity index is 583. The van der Waals surface area contributed by atoms with E-state index in [0.717, 1.165) is 0 Å². The molecule has 1 heterocycles. The first-order chi connectivity index (χ1) is 8.60. The van der Waals surface area contributed by atoms with Crippen molar-refractivity contribution >= 4 is 17.3 Å². The normalized spacial score (nSPS) is 10.3. The van der Waals surface area contributed by atoms with E-state index in [4.69, 9.17) is 16.3 Å². The fraction of sp³-hybridized carbons (Fsp3) is 0.182. The number of halogens is 1. The van der Waals surface area contributed by atoms with E-state index in [1.165, 1.54) is 12.1 Å². The molecule has 0 fully saturated rings. The second-order valence-electron chi connectivity index (χ2n) is 3.63. The third-order valence-corrected chi connectivity index (χ3v) is 2.60. The summed E-state index contributed by atoms with van der Waals surface area (Å²) in [6.07, 6.45) is 3.25. The molecule has 0 amide bonds. The zero-order chi connectivity index (χ0) is 13.1. The van der Waals surface area contributed by atoms with E-state index in [0.29, 0.717) is 17.1 Å². The number of alkyl halides is 1. The average Bonchev–Trinajstić information content (AvgIpc) is 2.74. The van der Waals surface area contributed by atoms with Crippen LogP contribution in [0, 0.1) is 10.1 Å². The first-order valence-electron chi connectivity index (χ1n) is 5.10. The summed E-state index contributed by atoms with van der Waals surface area (Å²) in [5.41, 5.74) is 0.409. The molecule has 94 valence electrons. The minimum Gasteiger partial charge on any atom is -0.454 e. The van der Waals surface area contributed by atoms with Crippen molar-refractivity contribution in [3.63, 3.8) is 0 Å². The predicted molar refractivity (Wildman–Crippen MR) is 65.9 cm³/mol. The number of nitro groups is 1. The van der Waals surface area contributed by atoms with Gasteiger partial charge in [-0.3, -0.25) is 14.8 Å². The van der Waals surface area contributed by atoms with Crippen molar-refractivity contribution < 1.29 is 9.66 Å². The van der Waals surface area contributed by atoms with E-state index in [1.54, 1.807) is 30.2 Å². The zero-order valence-corrected chi connectivity index (χ0v) is 10.3. The van der Waals surface area contributed by atoms with Gasteiger partial charge in [0.2, 0.25) is 0 Å². The number of hydrogen-bond acceptors (Lipinski definition) is 4. The maximum atomic E-state index is 10.7. The summed E-state index contributed by atoms with van der Waals surface area (Å²) in [5, 5.41) is 14.7. The molecule has 0 aliphatic rings. The van der Waals surface area contributed by atoms with Crippen LogP contribution in [0.15, 0.2) is 30.6 Å². The maximum absolute atomic E-state index is 10.7. The Balaban J connectivity index is 2.27. The number of ether oxygens (including phenoxy) is 1. The Labute approximate surface area is 108 Å². The smallest absolute Gasteiger partial charge is 0.274 e. The van der Waals surface area contributed by atoms with Gasteiger partial charge in [-0.05, 0) is 12.1 Å². The molecule has 0 N–H and O–H groups in total. The molecule has 6 nitrogen and oxygen atoms in total. The molecule has 2 rings (SSSR count). The van der Waals surface area contributed by atoms with Crippen LogP contribution >= 0.6 is 11.6 Å². The number of aryl methyl sites for hydroxylation is 1. The molecule has 7 heteroatoms. The van der Waals surface area contributed by atoms with Crippen molar-refractivity contribution in [2.75, 3.05) is 0 Å². The van der Waals surface area contributed by atoms with Crippen LogP contribution in [0.25, 0.3) is 0 Å². The fourth-order valence-electron chi connectivity index (χ4n) is 1.50. The van der Waals surface area contributed by atoms with Crippen LogP contribution in [0.4, 0.5) is 5.69 Å². The molecular formula is C11H10ClN3O3. The Morgan fingerprint density at radius 2 is 2.28 bits per heavy atom. The molecule has 2 aromatic rings. The predicted octanol–water partition coefficient (Wildman–Crippen LogP) is 2.86. The molecule has 0 aliphatic carbocycles. The zero-order valence-electron chi connectivity index (χ0n) is 9.54. The number of aromatic nitrogens is 2. The molecule has 0 saturated carbocycles. The molecule has 0 aliphatic heterocycles. The first-order valence-corrected chi connectivity index (χ1v) is 5.63. The van der Waals surface area contributed by atoms with Gasteiger partial charge in [-0.2, -0.15) is 5.10 Å². The van der Waals surface area contributed by atoms with Gasteiger partial charge in [0.25, 0.3) is 5.69 Å². The third-order valence-electron chi connectivity index (χ3n) is 2.31. The fourth-order valence-corrected chi connectivity index (χ4v) is 1.71. The highest BCUT2D eigenvalue weighted by molar-refractivity contribution is 6.17. The van der Waals surface area contributed by atoms with E-state index in [-0.39, 0.29) is 11.6 Å². The van der Waals surface area contributed by atoms with Crippen molar-refractivity contribution in [1.82, 2.24) is 9.78 Å². The monoisotopic (exact) mass is 267 g/mol. The van der Waals surface area contributed by atoms with Gasteiger partial charge in [0.05, 0.1) is 23.2 Å². The van der Waals surface area contributed by atoms with Crippen LogP contribution in [0.2, 0.25) is 0 Å². The van der Waals surface area contributed by atoms with Gasteiger partial charge >= 0.3 is 0 Å². The Morgan fingerprint density at radius 1 is 1.50 bits per heavy atom. The van der Waals surface area contributed by atoms with E-state index in [1.807, 2.05) is 0 Å². The van der Waals surface area contributed by atoms with Gasteiger partial charge in [-0.25, -0.2) is 0 Å². The van der Waals surface area contributed by atoms with Crippen LogP contribution in [-0.4, -0.2) is 14.7 Å². The molecule has 1 aromatic carbocycles. The lowest BCUT2D eigenvalue weighted by Gasteiger charge is -2.04. The second-order valence-corrected chi connectivity index (χ2v) is 3.90. The lowest BCUT2D eigenvalue weighted by atomic mass is 10.2. The largest absolute Gasteiger partial charge is 0.454 e. The lowest BCUT2D eigenvalue weighted by Crippen LogP contribution is -1.94. The van der Waals surface area contributed by atoms with Crippen LogP contribution in [0.3, 0.4) is 0 Å². The quantitative estimate of drug-likeness (QED) is 0.485. The van der Waals surface area contributed by atoms with Crippen molar-refractivity contribution in [2.24, 2.45) is 7.05 Å². The Morgan fingerprint density at radius 3 is 2.83 bits per heavy atom. The summed E-state index contributed by atoms with van der Waals surface area (Å²) in [4.78, 5) is 10.3. The standard InChI is InChI=1S/C11H10ClN3O3/c1-14-7-10(6-13-14)18-9-2-3-11(15(16)17)8(4-9)5-12/h2-4,6-7H,5H2,1H3. The van der Waals surface area contributed by atoms with Crippen molar-refractivity contribution in [1.29, 1.82) is 0 Å². The van der Waals surface area contributed by atoms with Gasteiger partial charge in [0, 0.05) is 18.7 Å². The minimum absolute atomic E-state index is 0.0106. The van der Waals surface area contributed by atoms with Crippen LogP contribution in [0.5, 0.6) is 11.5 Å². The highest BCUT2D eigenvalue weighted by Crippen LogP contribution is 2.28. The summed E-state index contributed by atoms with van der Waals surface area (Å²) < 4.78 is 7.11. The van der Waals surface area contributed by atoms with Crippen LogP contribution < -0.4 is 4.74 Å². The van der Waals surface area contributed by atoms with E-state index >= 15 is 0 Å². The van der Waals surface area contributed by atoms with E-state index in [2.05, 4.69) is 5.10 Å². The van der Waals surface area contributed by atoms with Gasteiger partial charge in [0.1, 0.15) is 5.75 Å². The Hall–Kier alpha value is -2.08. The number of rotatable bonds is 4. The highest BCUT2D eigenvalue weighted by Gasteiger charge is 2.14. The summed E-state index contributed by atoms with van der Waals surface area (Å²) in [6, 6.07) is 4.46. The van der Waals surface area contributed by atoms with Crippen LogP contribution in [0.1, 0.15) is 5.56 Å². The molecule has 0 radical (unpaired) electrons. The molecule has 0 bridgehead atoms. The van der Waals surface area contributed by atoms with Crippen molar-refractivity contribution in [3.05, 3.63) is 46.3 Å². The summed E-state index contributed by atoms with van der Waals surface area (Å²) in [6.45, 7) is 0. The molecule has 0 unspecified atom stereocenters. The third kappa shape index (κ3) is 2.60. The molecule has 0 atom stereocenters. The summed E-state index contributed by atoms with van der Waals surface area (Å²) >= 11 is 5.68.